The number of carboxylic acids is 1. The highest BCUT2D eigenvalue weighted by atomic mass is 16.5. The molecule has 0 saturated heterocycles. The molecule has 0 aliphatic rings. The Morgan fingerprint density at radius 1 is 1.23 bits per heavy atom. The second-order valence-electron chi connectivity index (χ2n) is 5.70. The van der Waals surface area contributed by atoms with Crippen LogP contribution in [0.2, 0.25) is 0 Å². The van der Waals surface area contributed by atoms with E-state index in [1.165, 1.54) is 18.9 Å². The molecule has 1 unspecified atom stereocenters. The largest absolute Gasteiger partial charge is 0.497 e. The lowest BCUT2D eigenvalue weighted by atomic mass is 10.0. The van der Waals surface area contributed by atoms with Gasteiger partial charge in [0.05, 0.1) is 13.7 Å². The van der Waals surface area contributed by atoms with Crippen molar-refractivity contribution in [3.05, 3.63) is 48.6 Å². The molecule has 0 fully saturated rings. The molecule has 5 nitrogen and oxygen atoms in total. The van der Waals surface area contributed by atoms with Crippen molar-refractivity contribution >= 4 is 18.0 Å². The number of benzene rings is 1. The van der Waals surface area contributed by atoms with Crippen molar-refractivity contribution in [3.63, 3.8) is 0 Å². The molecule has 0 saturated carbocycles. The normalized spacial score (nSPS) is 11.2. The van der Waals surface area contributed by atoms with Crippen molar-refractivity contribution in [2.24, 2.45) is 5.92 Å². The van der Waals surface area contributed by atoms with E-state index in [0.717, 1.165) is 30.2 Å². The zero-order valence-electron chi connectivity index (χ0n) is 15.9. The van der Waals surface area contributed by atoms with Crippen molar-refractivity contribution in [1.29, 1.82) is 0 Å². The van der Waals surface area contributed by atoms with Crippen LogP contribution in [0.4, 0.5) is 0 Å². The summed E-state index contributed by atoms with van der Waals surface area (Å²) < 4.78 is 10.4. The van der Waals surface area contributed by atoms with Gasteiger partial charge in [-0.15, -0.1) is 0 Å². The van der Waals surface area contributed by atoms with Crippen molar-refractivity contribution in [1.82, 2.24) is 0 Å². The summed E-state index contributed by atoms with van der Waals surface area (Å²) in [6.07, 6.45) is 8.63. The highest BCUT2D eigenvalue weighted by Gasteiger charge is 2.08. The molecule has 1 aromatic carbocycles. The Kier molecular flexibility index (Phi) is 13.3. The Bertz CT molecular complexity index is 560. The van der Waals surface area contributed by atoms with E-state index in [4.69, 9.17) is 14.6 Å². The highest BCUT2D eigenvalue weighted by molar-refractivity contribution is 5.87. The van der Waals surface area contributed by atoms with E-state index in [-0.39, 0.29) is 5.97 Å². The van der Waals surface area contributed by atoms with E-state index in [1.807, 2.05) is 24.3 Å². The predicted molar refractivity (Wildman–Crippen MR) is 104 cm³/mol. The zero-order valence-corrected chi connectivity index (χ0v) is 15.9. The van der Waals surface area contributed by atoms with Gasteiger partial charge in [0.25, 0.3) is 0 Å². The number of unbranched alkanes of at least 4 members (excludes halogenated alkanes) is 1. The van der Waals surface area contributed by atoms with E-state index >= 15 is 0 Å². The molecule has 5 heteroatoms. The number of carbonyl (C=O) groups is 2. The number of ether oxygens (including phenoxy) is 2. The van der Waals surface area contributed by atoms with Gasteiger partial charge >= 0.3 is 11.9 Å². The van der Waals surface area contributed by atoms with Crippen LogP contribution in [0.25, 0.3) is 6.08 Å². The number of esters is 1. The fourth-order valence-corrected chi connectivity index (χ4v) is 2.03. The van der Waals surface area contributed by atoms with Crippen molar-refractivity contribution in [2.45, 2.75) is 39.5 Å². The topological polar surface area (TPSA) is 72.8 Å². The number of carboxylic acid groups (broad SMARTS) is 1. The Balaban J connectivity index is 0.00000110. The van der Waals surface area contributed by atoms with E-state index in [9.17, 15) is 9.59 Å². The average Bonchev–Trinajstić information content (AvgIpc) is 2.67. The molecule has 1 aromatic rings. The maximum Gasteiger partial charge on any atom is 0.330 e. The van der Waals surface area contributed by atoms with Crippen LogP contribution in [0, 0.1) is 5.92 Å². The third kappa shape index (κ3) is 11.9. The second kappa shape index (κ2) is 14.8. The SMILES string of the molecule is C=CC(=O)O.CCCCC(CC)COC(=O)/C=C/c1ccc(OC)cc1. The Morgan fingerprint density at radius 3 is 2.31 bits per heavy atom. The van der Waals surface area contributed by atoms with E-state index in [0.29, 0.717) is 12.5 Å². The molecule has 0 amide bonds. The maximum atomic E-state index is 11.7. The number of hydrogen-bond acceptors (Lipinski definition) is 4. The van der Waals surface area contributed by atoms with Gasteiger partial charge in [-0.1, -0.05) is 51.8 Å². The average molecular weight is 362 g/mol. The molecule has 1 N–H and O–H groups in total. The van der Waals surface area contributed by atoms with Crippen LogP contribution in [-0.2, 0) is 14.3 Å². The standard InChI is InChI=1S/C18H26O3.C3H4O2/c1-4-6-7-15(5-2)14-21-18(19)13-10-16-8-11-17(20-3)12-9-16;1-2-3(4)5/h8-13,15H,4-7,14H2,1-3H3;2H,1H2,(H,4,5)/b13-10+;. The van der Waals surface area contributed by atoms with Crippen molar-refractivity contribution < 1.29 is 24.2 Å². The summed E-state index contributed by atoms with van der Waals surface area (Å²) in [6.45, 7) is 7.79. The van der Waals surface area contributed by atoms with Crippen LogP contribution in [0.15, 0.2) is 43.0 Å². The summed E-state index contributed by atoms with van der Waals surface area (Å²) in [5.41, 5.74) is 0.950. The molecule has 1 rings (SSSR count). The molecule has 0 aliphatic carbocycles. The summed E-state index contributed by atoms with van der Waals surface area (Å²) in [7, 11) is 1.63. The zero-order chi connectivity index (χ0) is 19.8. The number of methoxy groups -OCH3 is 1. The van der Waals surface area contributed by atoms with Crippen LogP contribution >= 0.6 is 0 Å². The minimum absolute atomic E-state index is 0.277. The first-order chi connectivity index (χ1) is 12.5. The summed E-state index contributed by atoms with van der Waals surface area (Å²) in [6, 6.07) is 7.53. The maximum absolute atomic E-state index is 11.7. The first-order valence-electron chi connectivity index (χ1n) is 8.80. The summed E-state index contributed by atoms with van der Waals surface area (Å²) in [4.78, 5) is 20.9. The Hall–Kier alpha value is -2.56. The van der Waals surface area contributed by atoms with Crippen LogP contribution in [0.5, 0.6) is 5.75 Å². The van der Waals surface area contributed by atoms with E-state index < -0.39 is 5.97 Å². The molecule has 0 heterocycles. The molecule has 0 radical (unpaired) electrons. The molecular formula is C21H30O5. The summed E-state index contributed by atoms with van der Waals surface area (Å²) in [5.74, 6) is 0.0190. The molecule has 1 atom stereocenters. The molecule has 0 bridgehead atoms. The van der Waals surface area contributed by atoms with Crippen LogP contribution in [0.3, 0.4) is 0 Å². The van der Waals surface area contributed by atoms with Crippen molar-refractivity contribution in [3.8, 4) is 5.75 Å². The molecule has 0 aliphatic heterocycles. The number of hydrogen-bond donors (Lipinski definition) is 1. The van der Waals surface area contributed by atoms with Crippen LogP contribution < -0.4 is 4.74 Å². The second-order valence-corrected chi connectivity index (χ2v) is 5.70. The van der Waals surface area contributed by atoms with E-state index in [1.54, 1.807) is 13.2 Å². The first kappa shape index (κ1) is 23.4. The lowest BCUT2D eigenvalue weighted by Crippen LogP contribution is -2.12. The molecule has 26 heavy (non-hydrogen) atoms. The van der Waals surface area contributed by atoms with Gasteiger partial charge in [0, 0.05) is 12.2 Å². The Morgan fingerprint density at radius 2 is 1.85 bits per heavy atom. The molecule has 144 valence electrons. The van der Waals surface area contributed by atoms with Gasteiger partial charge < -0.3 is 14.6 Å². The van der Waals surface area contributed by atoms with Crippen LogP contribution in [0.1, 0.15) is 45.1 Å². The third-order valence-corrected chi connectivity index (χ3v) is 3.71. The van der Waals surface area contributed by atoms with Gasteiger partial charge in [0.15, 0.2) is 0 Å². The predicted octanol–water partition coefficient (Wildman–Crippen LogP) is 4.73. The fourth-order valence-electron chi connectivity index (χ4n) is 2.03. The van der Waals surface area contributed by atoms with Gasteiger partial charge in [0.2, 0.25) is 0 Å². The summed E-state index contributed by atoms with van der Waals surface area (Å²) >= 11 is 0. The van der Waals surface area contributed by atoms with Crippen molar-refractivity contribution in [2.75, 3.05) is 13.7 Å². The van der Waals surface area contributed by atoms with Crippen LogP contribution in [-0.4, -0.2) is 30.8 Å². The Labute approximate surface area is 156 Å². The monoisotopic (exact) mass is 362 g/mol. The lowest BCUT2D eigenvalue weighted by Gasteiger charge is -2.13. The van der Waals surface area contributed by atoms with Gasteiger partial charge in [-0.3, -0.25) is 0 Å². The van der Waals surface area contributed by atoms with Gasteiger partial charge in [-0.05, 0) is 36.1 Å². The quantitative estimate of drug-likeness (QED) is 0.481. The molecule has 0 aromatic heterocycles. The third-order valence-electron chi connectivity index (χ3n) is 3.71. The number of aliphatic carboxylic acids is 1. The first-order valence-corrected chi connectivity index (χ1v) is 8.80. The molecule has 0 spiro atoms. The van der Waals surface area contributed by atoms with E-state index in [2.05, 4.69) is 20.4 Å². The van der Waals surface area contributed by atoms with Gasteiger partial charge in [0.1, 0.15) is 5.75 Å². The number of carbonyl (C=O) groups excluding carboxylic acids is 1. The minimum Gasteiger partial charge on any atom is -0.497 e. The summed E-state index contributed by atoms with van der Waals surface area (Å²) in [5, 5.41) is 7.60. The fraction of sp³-hybridized carbons (Fsp3) is 0.429. The number of rotatable bonds is 10. The highest BCUT2D eigenvalue weighted by Crippen LogP contribution is 2.14. The smallest absolute Gasteiger partial charge is 0.330 e. The van der Waals surface area contributed by atoms with Gasteiger partial charge in [-0.25, -0.2) is 9.59 Å². The van der Waals surface area contributed by atoms with Gasteiger partial charge in [-0.2, -0.15) is 0 Å². The minimum atomic E-state index is -0.981. The molecular weight excluding hydrogens is 332 g/mol. The lowest BCUT2D eigenvalue weighted by molar-refractivity contribution is -0.139.